The zero-order valence-electron chi connectivity index (χ0n) is 19.8. The molecule has 3 aliphatic rings. The lowest BCUT2D eigenvalue weighted by molar-refractivity contribution is -0.139. The maximum atomic E-state index is 13.3. The summed E-state index contributed by atoms with van der Waals surface area (Å²) in [6, 6.07) is 0. The van der Waals surface area contributed by atoms with Crippen LogP contribution in [0.1, 0.15) is 47.5 Å². The molecule has 2 atom stereocenters. The van der Waals surface area contributed by atoms with Gasteiger partial charge in [0.05, 0.1) is 37.7 Å². The first-order chi connectivity index (χ1) is 15.4. The van der Waals surface area contributed by atoms with Crippen molar-refractivity contribution in [3.05, 3.63) is 47.0 Å². The molecule has 2 unspecified atom stereocenters. The molecule has 7 nitrogen and oxygen atoms in total. The van der Waals surface area contributed by atoms with E-state index in [2.05, 4.69) is 24.2 Å². The lowest BCUT2D eigenvalue weighted by atomic mass is 9.67. The summed E-state index contributed by atoms with van der Waals surface area (Å²) in [5.74, 6) is -1.13. The fraction of sp³-hybridized carbons (Fsp3) is 0.560. The number of ether oxygens (including phenoxy) is 2. The van der Waals surface area contributed by atoms with Gasteiger partial charge >= 0.3 is 5.97 Å². The van der Waals surface area contributed by atoms with Crippen LogP contribution in [0.3, 0.4) is 0 Å². The molecule has 0 fully saturated rings. The number of hydrogen-bond acceptors (Lipinski definition) is 7. The van der Waals surface area contributed by atoms with Gasteiger partial charge in [-0.05, 0) is 24.8 Å². The van der Waals surface area contributed by atoms with E-state index in [0.29, 0.717) is 29.7 Å². The molecular weight excluding hydrogens is 408 g/mol. The summed E-state index contributed by atoms with van der Waals surface area (Å²) in [7, 11) is 0. The Kier molecular flexibility index (Phi) is 9.60. The highest BCUT2D eigenvalue weighted by Gasteiger charge is 2.45. The van der Waals surface area contributed by atoms with Crippen molar-refractivity contribution in [2.75, 3.05) is 26.4 Å². The lowest BCUT2D eigenvalue weighted by Gasteiger charge is -2.41. The second-order valence-electron chi connectivity index (χ2n) is 8.43. The van der Waals surface area contributed by atoms with E-state index in [1.165, 1.54) is 0 Å². The average molecular weight is 445 g/mol. The number of carbonyl (C=O) groups excluding carboxylic acids is 2. The maximum absolute atomic E-state index is 13.3. The van der Waals surface area contributed by atoms with Crippen LogP contribution in [0.2, 0.25) is 0 Å². The summed E-state index contributed by atoms with van der Waals surface area (Å²) in [5, 5.41) is 12.4. The Bertz CT molecular complexity index is 832. The number of esters is 1. The van der Waals surface area contributed by atoms with Gasteiger partial charge in [0, 0.05) is 41.9 Å². The van der Waals surface area contributed by atoms with Crippen LogP contribution in [0.4, 0.5) is 0 Å². The number of carbonyl (C=O) groups is 2. The topological polar surface area (TPSA) is 97.2 Å². The minimum atomic E-state index is -0.481. The molecule has 2 aliphatic heterocycles. The van der Waals surface area contributed by atoms with Crippen molar-refractivity contribution in [1.29, 1.82) is 0 Å². The van der Waals surface area contributed by atoms with Crippen LogP contribution >= 0.6 is 0 Å². The smallest absolute Gasteiger partial charge is 0.336 e. The Morgan fingerprint density at radius 3 is 2.72 bits per heavy atom. The van der Waals surface area contributed by atoms with E-state index in [4.69, 9.17) is 14.6 Å². The summed E-state index contributed by atoms with van der Waals surface area (Å²) in [5.41, 5.74) is 2.30. The van der Waals surface area contributed by atoms with Crippen LogP contribution in [0, 0.1) is 17.3 Å². The molecule has 32 heavy (non-hydrogen) atoms. The number of allylic oxidation sites excluding steroid dienone is 5. The zero-order valence-corrected chi connectivity index (χ0v) is 19.8. The van der Waals surface area contributed by atoms with Crippen LogP contribution in [0.15, 0.2) is 52.0 Å². The van der Waals surface area contributed by atoms with Gasteiger partial charge in [-0.15, -0.1) is 0 Å². The molecule has 2 heterocycles. The van der Waals surface area contributed by atoms with Gasteiger partial charge in [-0.2, -0.15) is 0 Å². The fourth-order valence-electron chi connectivity index (χ4n) is 4.30. The monoisotopic (exact) mass is 444 g/mol. The van der Waals surface area contributed by atoms with Crippen molar-refractivity contribution in [3.8, 4) is 0 Å². The summed E-state index contributed by atoms with van der Waals surface area (Å²) in [6.45, 7) is 10.3. The fourth-order valence-corrected chi connectivity index (χ4v) is 4.30. The van der Waals surface area contributed by atoms with Crippen LogP contribution in [-0.4, -0.2) is 49.5 Å². The number of aliphatic hydroxyl groups excluding tert-OH is 1. The van der Waals surface area contributed by atoms with E-state index >= 15 is 0 Å². The normalized spacial score (nSPS) is 23.8. The van der Waals surface area contributed by atoms with Crippen molar-refractivity contribution < 1.29 is 24.2 Å². The van der Waals surface area contributed by atoms with Crippen molar-refractivity contribution in [2.24, 2.45) is 22.2 Å². The number of aliphatic hydroxyl groups is 1. The van der Waals surface area contributed by atoms with Crippen molar-refractivity contribution >= 4 is 18.0 Å². The highest BCUT2D eigenvalue weighted by atomic mass is 16.5. The van der Waals surface area contributed by atoms with Gasteiger partial charge in [-0.3, -0.25) is 9.79 Å². The minimum Gasteiger partial charge on any atom is -0.463 e. The summed E-state index contributed by atoms with van der Waals surface area (Å²) >= 11 is 0. The molecule has 3 rings (SSSR count). The minimum absolute atomic E-state index is 0.0443. The molecule has 7 heteroatoms. The molecule has 1 aliphatic carbocycles. The third kappa shape index (κ3) is 6.04. The number of nitrogens with zero attached hydrogens (tertiary/aromatic N) is 1. The Balaban J connectivity index is 0.00000176. The van der Waals surface area contributed by atoms with Gasteiger partial charge in [0.15, 0.2) is 5.78 Å². The number of Topliss-reactive ketones (excluding diaryl/α,β-unsaturated/α-hetero) is 1. The second-order valence-corrected chi connectivity index (χ2v) is 8.43. The van der Waals surface area contributed by atoms with Gasteiger partial charge in [0.2, 0.25) is 0 Å². The molecule has 0 aromatic carbocycles. The number of hydrogen-bond donors (Lipinski definition) is 2. The molecule has 0 amide bonds. The van der Waals surface area contributed by atoms with Gasteiger partial charge in [-0.25, -0.2) is 4.79 Å². The molecule has 0 saturated heterocycles. The Labute approximate surface area is 191 Å². The van der Waals surface area contributed by atoms with Gasteiger partial charge in [0.25, 0.3) is 0 Å². The number of dihydropyridines is 1. The number of aliphatic imine (C=N–C) groups is 1. The summed E-state index contributed by atoms with van der Waals surface area (Å²) in [6.07, 6.45) is 10.2. The highest BCUT2D eigenvalue weighted by molar-refractivity contribution is 6.02. The van der Waals surface area contributed by atoms with E-state index < -0.39 is 11.9 Å². The third-order valence-corrected chi connectivity index (χ3v) is 5.43. The summed E-state index contributed by atoms with van der Waals surface area (Å²) in [4.78, 5) is 30.5. The van der Waals surface area contributed by atoms with Crippen molar-refractivity contribution in [2.45, 2.75) is 47.5 Å². The summed E-state index contributed by atoms with van der Waals surface area (Å²) < 4.78 is 10.9. The molecule has 0 radical (unpaired) electrons. The highest BCUT2D eigenvalue weighted by Crippen LogP contribution is 2.46. The Hall–Kier alpha value is -2.51. The van der Waals surface area contributed by atoms with Crippen LogP contribution in [0.25, 0.3) is 0 Å². The van der Waals surface area contributed by atoms with E-state index in [-0.39, 0.29) is 43.5 Å². The number of rotatable bonds is 7. The largest absolute Gasteiger partial charge is 0.463 e. The first kappa shape index (κ1) is 25.7. The zero-order chi connectivity index (χ0) is 23.7. The standard InChI is InChI=1S/C23H30N2O5.C2H6/c1-4-30-22(28)21-17(14-29-11-10-26)25-16-12-23(2,3)13-18(27)20(16)19(21)15-6-5-8-24-9-7-15;1-2/h5-9,15,19,25-26H,4,10-14H2,1-3H3;1-2H3. The Morgan fingerprint density at radius 2 is 2.03 bits per heavy atom. The SMILES string of the molecule is CC.CCOC(=O)C1=C(COCCO)NC2=C(C(=O)CC(C)(C)C2)C1C1C=CC=NC=C1. The molecule has 0 saturated carbocycles. The van der Waals surface area contributed by atoms with Gasteiger partial charge < -0.3 is 19.9 Å². The first-order valence-electron chi connectivity index (χ1n) is 11.4. The van der Waals surface area contributed by atoms with Crippen molar-refractivity contribution in [1.82, 2.24) is 5.32 Å². The third-order valence-electron chi connectivity index (χ3n) is 5.43. The lowest BCUT2D eigenvalue weighted by Crippen LogP contribution is -2.42. The molecule has 0 aromatic rings. The quantitative estimate of drug-likeness (QED) is 0.461. The van der Waals surface area contributed by atoms with E-state index in [9.17, 15) is 9.59 Å². The van der Waals surface area contributed by atoms with Crippen molar-refractivity contribution in [3.63, 3.8) is 0 Å². The van der Waals surface area contributed by atoms with E-state index in [0.717, 1.165) is 5.70 Å². The van der Waals surface area contributed by atoms with Crippen LogP contribution in [0.5, 0.6) is 0 Å². The molecule has 2 N–H and O–H groups in total. The van der Waals surface area contributed by atoms with Gasteiger partial charge in [0.1, 0.15) is 0 Å². The molecule has 0 bridgehead atoms. The molecule has 0 spiro atoms. The van der Waals surface area contributed by atoms with E-state index in [1.54, 1.807) is 19.3 Å². The predicted octanol–water partition coefficient (Wildman–Crippen LogP) is 3.47. The van der Waals surface area contributed by atoms with Crippen LogP contribution < -0.4 is 5.32 Å². The van der Waals surface area contributed by atoms with E-state index in [1.807, 2.05) is 32.1 Å². The maximum Gasteiger partial charge on any atom is 0.336 e. The van der Waals surface area contributed by atoms with Gasteiger partial charge in [-0.1, -0.05) is 39.8 Å². The number of ketones is 1. The number of nitrogens with one attached hydrogen (secondary N) is 1. The second kappa shape index (κ2) is 11.9. The first-order valence-corrected chi connectivity index (χ1v) is 11.4. The predicted molar refractivity (Wildman–Crippen MR) is 125 cm³/mol. The molecule has 0 aromatic heterocycles. The molecule has 176 valence electrons. The molecular formula is C25H36N2O5. The van der Waals surface area contributed by atoms with Crippen LogP contribution in [-0.2, 0) is 19.1 Å². The average Bonchev–Trinajstić information content (AvgIpc) is 3.03. The Morgan fingerprint density at radius 1 is 1.28 bits per heavy atom.